The van der Waals surface area contributed by atoms with E-state index in [1.165, 1.54) is 11.0 Å². The van der Waals surface area contributed by atoms with Crippen LogP contribution in [0.4, 0.5) is 34.1 Å². The number of nitrogen functional groups attached to an aromatic ring is 1. The number of nitrogens with zero attached hydrogens (tertiary/aromatic N) is 6. The normalized spacial score (nSPS) is 19.0. The van der Waals surface area contributed by atoms with Crippen LogP contribution in [0.1, 0.15) is 55.2 Å². The van der Waals surface area contributed by atoms with Crippen molar-refractivity contribution in [3.8, 4) is 0 Å². The number of ether oxygens (including phenoxy) is 2. The van der Waals surface area contributed by atoms with Gasteiger partial charge in [-0.15, -0.1) is 0 Å². The first-order valence-electron chi connectivity index (χ1n) is 20.9. The number of likely N-dealkylation sites (tertiary alicyclic amines) is 2. The number of hydrogen-bond donors (Lipinski definition) is 2. The van der Waals surface area contributed by atoms with E-state index in [-0.39, 0.29) is 73.6 Å². The van der Waals surface area contributed by atoms with Crippen molar-refractivity contribution < 1.29 is 46.6 Å². The van der Waals surface area contributed by atoms with E-state index in [1.54, 1.807) is 14.7 Å². The molecule has 4 aliphatic heterocycles. The SMILES string of the molecule is CN(C)CCOC(=O)CCC(=O)N1CCC(N2CCN(C(=O)[C@@H](Cc3cc(Cl)c(N)c(C(F)(F)F)c3)OC(=O)N3CCC(N4CCc5ccccc5NC4=O)CC3)CC2)CC1. The Balaban J connectivity index is 1.04. The van der Waals surface area contributed by atoms with Gasteiger partial charge in [0.05, 0.1) is 22.7 Å². The second-order valence-corrected chi connectivity index (χ2v) is 16.8. The van der Waals surface area contributed by atoms with E-state index in [1.807, 2.05) is 43.3 Å². The van der Waals surface area contributed by atoms with Crippen LogP contribution in [-0.2, 0) is 42.9 Å². The number of para-hydroxylation sites is 1. The van der Waals surface area contributed by atoms with Crippen LogP contribution in [0.5, 0.6) is 0 Å². The number of esters is 1. The topological polar surface area (TPSA) is 161 Å². The van der Waals surface area contributed by atoms with Crippen LogP contribution >= 0.6 is 11.6 Å². The predicted molar refractivity (Wildman–Crippen MR) is 222 cm³/mol. The molecule has 0 spiro atoms. The number of carbonyl (C=O) groups is 5. The van der Waals surface area contributed by atoms with Crippen LogP contribution < -0.4 is 11.1 Å². The fourth-order valence-corrected chi connectivity index (χ4v) is 8.73. The highest BCUT2D eigenvalue weighted by Gasteiger charge is 2.38. The number of nitrogens with two attached hydrogens (primary N) is 1. The molecule has 0 bridgehead atoms. The summed E-state index contributed by atoms with van der Waals surface area (Å²) in [7, 11) is 3.76. The van der Waals surface area contributed by atoms with Gasteiger partial charge in [-0.1, -0.05) is 29.8 Å². The largest absolute Gasteiger partial charge is 0.464 e. The van der Waals surface area contributed by atoms with Crippen molar-refractivity contribution in [2.24, 2.45) is 0 Å². The van der Waals surface area contributed by atoms with Crippen LogP contribution in [-0.4, -0.2) is 164 Å². The van der Waals surface area contributed by atoms with E-state index in [9.17, 15) is 37.1 Å². The molecule has 0 unspecified atom stereocenters. The van der Waals surface area contributed by atoms with Gasteiger partial charge in [0, 0.05) is 96.1 Å². The number of hydrogen-bond acceptors (Lipinski definition) is 10. The number of anilines is 2. The second-order valence-electron chi connectivity index (χ2n) is 16.4. The van der Waals surface area contributed by atoms with E-state index in [2.05, 4.69) is 10.2 Å². The number of likely N-dealkylation sites (N-methyl/N-ethyl adjacent to an activating group) is 1. The molecule has 4 aliphatic rings. The Morgan fingerprint density at radius 2 is 1.54 bits per heavy atom. The summed E-state index contributed by atoms with van der Waals surface area (Å²) in [5, 5.41) is 2.65. The molecule has 0 aliphatic carbocycles. The van der Waals surface area contributed by atoms with Gasteiger partial charge in [0.15, 0.2) is 6.10 Å². The summed E-state index contributed by atoms with van der Waals surface area (Å²) in [5.74, 6) is -1.03. The fourth-order valence-electron chi connectivity index (χ4n) is 8.49. The van der Waals surface area contributed by atoms with E-state index >= 15 is 0 Å². The molecule has 3 N–H and O–H groups in total. The lowest BCUT2D eigenvalue weighted by molar-refractivity contribution is -0.146. The number of halogens is 4. The van der Waals surface area contributed by atoms with E-state index < -0.39 is 41.5 Å². The van der Waals surface area contributed by atoms with E-state index in [0.717, 1.165) is 30.2 Å². The molecule has 6 rings (SSSR count). The number of piperazine rings is 1. The lowest BCUT2D eigenvalue weighted by atomic mass is 10.0. The molecule has 0 saturated carbocycles. The average molecular weight is 877 g/mol. The monoisotopic (exact) mass is 876 g/mol. The van der Waals surface area contributed by atoms with Gasteiger partial charge in [-0.3, -0.25) is 19.3 Å². The third-order valence-corrected chi connectivity index (χ3v) is 12.4. The Bertz CT molecular complexity index is 1900. The number of urea groups is 1. The molecule has 0 aromatic heterocycles. The van der Waals surface area contributed by atoms with Crippen LogP contribution in [0.15, 0.2) is 36.4 Å². The molecule has 1 atom stereocenters. The van der Waals surface area contributed by atoms with Gasteiger partial charge < -0.3 is 45.0 Å². The second kappa shape index (κ2) is 20.4. The minimum Gasteiger partial charge on any atom is -0.464 e. The highest BCUT2D eigenvalue weighted by molar-refractivity contribution is 6.33. The number of fused-ring (bicyclic) bond motifs is 1. The first-order valence-corrected chi connectivity index (χ1v) is 21.3. The Kier molecular flexibility index (Phi) is 15.3. The number of nitrogens with one attached hydrogen (secondary N) is 1. The third-order valence-electron chi connectivity index (χ3n) is 12.0. The van der Waals surface area contributed by atoms with E-state index in [0.29, 0.717) is 71.6 Å². The molecule has 2 aromatic carbocycles. The number of amides is 5. The van der Waals surface area contributed by atoms with Crippen molar-refractivity contribution in [2.75, 3.05) is 97.2 Å². The number of piperidine rings is 2. The predicted octanol–water partition coefficient (Wildman–Crippen LogP) is 4.56. The Morgan fingerprint density at radius 3 is 2.21 bits per heavy atom. The summed E-state index contributed by atoms with van der Waals surface area (Å²) >= 11 is 6.14. The third kappa shape index (κ3) is 12.0. The maximum absolute atomic E-state index is 14.2. The summed E-state index contributed by atoms with van der Waals surface area (Å²) in [6.07, 6.45) is -4.21. The summed E-state index contributed by atoms with van der Waals surface area (Å²) < 4.78 is 52.8. The van der Waals surface area contributed by atoms with Crippen LogP contribution in [0.2, 0.25) is 5.02 Å². The molecule has 0 radical (unpaired) electrons. The van der Waals surface area contributed by atoms with Gasteiger partial charge >= 0.3 is 24.3 Å². The van der Waals surface area contributed by atoms with Gasteiger partial charge in [-0.25, -0.2) is 9.59 Å². The summed E-state index contributed by atoms with van der Waals surface area (Å²) in [6, 6.07) is 9.55. The number of rotatable bonds is 12. The molecule has 334 valence electrons. The van der Waals surface area contributed by atoms with Gasteiger partial charge in [-0.2, -0.15) is 13.2 Å². The fraction of sp³-hybridized carbons (Fsp3) is 0.595. The Hall–Kier alpha value is -4.81. The average Bonchev–Trinajstić information content (AvgIpc) is 3.41. The molecule has 5 amide bonds. The molecule has 3 fully saturated rings. The zero-order valence-electron chi connectivity index (χ0n) is 34.8. The van der Waals surface area contributed by atoms with Gasteiger partial charge in [0.1, 0.15) is 6.61 Å². The van der Waals surface area contributed by atoms with Crippen molar-refractivity contribution in [1.29, 1.82) is 0 Å². The van der Waals surface area contributed by atoms with Gasteiger partial charge in [0.2, 0.25) is 5.91 Å². The summed E-state index contributed by atoms with van der Waals surface area (Å²) in [4.78, 5) is 76.7. The summed E-state index contributed by atoms with van der Waals surface area (Å²) in [6.45, 7) is 4.59. The molecular formula is C42H56ClF3N8O7. The standard InChI is InChI=1S/C42H56ClF3N8O7/c1-49(2)23-24-60-37(56)8-7-36(55)51-14-10-30(11-15-51)50-19-21-52(22-20-50)39(57)35(27-28-25-32(42(44,45)46)38(47)33(43)26-28)61-41(59)53-16-12-31(13-17-53)54-18-9-29-5-3-4-6-34(29)48-40(54)58/h3-6,25-26,30-31,35H,7-24,27,47H2,1-2H3,(H,48,58)/t35-/m1/s1. The van der Waals surface area contributed by atoms with Gasteiger partial charge in [0.25, 0.3) is 5.91 Å². The van der Waals surface area contributed by atoms with E-state index in [4.69, 9.17) is 26.8 Å². The van der Waals surface area contributed by atoms with Crippen LogP contribution in [0.3, 0.4) is 0 Å². The first-order chi connectivity index (χ1) is 29.1. The highest BCUT2D eigenvalue weighted by Crippen LogP contribution is 2.38. The quantitative estimate of drug-likeness (QED) is 0.229. The van der Waals surface area contributed by atoms with Crippen molar-refractivity contribution in [2.45, 2.75) is 75.7 Å². The molecule has 4 heterocycles. The Morgan fingerprint density at radius 1 is 0.885 bits per heavy atom. The lowest BCUT2D eigenvalue weighted by Gasteiger charge is -2.43. The van der Waals surface area contributed by atoms with Crippen molar-refractivity contribution in [3.05, 3.63) is 58.1 Å². The molecule has 19 heteroatoms. The minimum atomic E-state index is -4.81. The molecule has 3 saturated heterocycles. The van der Waals surface area contributed by atoms with Gasteiger partial charge in [-0.05, 0) is 75.5 Å². The number of carbonyl (C=O) groups excluding carboxylic acids is 5. The van der Waals surface area contributed by atoms with Crippen molar-refractivity contribution in [1.82, 2.24) is 29.4 Å². The smallest absolute Gasteiger partial charge is 0.418 e. The zero-order valence-corrected chi connectivity index (χ0v) is 35.5. The van der Waals surface area contributed by atoms with Crippen LogP contribution in [0.25, 0.3) is 0 Å². The maximum atomic E-state index is 14.2. The molecular weight excluding hydrogens is 821 g/mol. The number of benzene rings is 2. The molecule has 61 heavy (non-hydrogen) atoms. The minimum absolute atomic E-state index is 0.0284. The lowest BCUT2D eigenvalue weighted by Crippen LogP contribution is -2.57. The zero-order chi connectivity index (χ0) is 43.8. The number of alkyl halides is 3. The Labute approximate surface area is 359 Å². The highest BCUT2D eigenvalue weighted by atomic mass is 35.5. The molecule has 2 aromatic rings. The maximum Gasteiger partial charge on any atom is 0.418 e. The van der Waals surface area contributed by atoms with Crippen molar-refractivity contribution in [3.63, 3.8) is 0 Å². The molecule has 15 nitrogen and oxygen atoms in total. The first kappa shape index (κ1) is 45.7. The van der Waals surface area contributed by atoms with Crippen molar-refractivity contribution >= 4 is 52.9 Å². The summed E-state index contributed by atoms with van der Waals surface area (Å²) in [5.41, 5.74) is 5.75. The van der Waals surface area contributed by atoms with Crippen LogP contribution in [0, 0.1) is 0 Å².